The molecule has 6 nitrogen and oxygen atoms in total. The van der Waals surface area contributed by atoms with Gasteiger partial charge in [-0.1, -0.05) is 23.7 Å². The molecule has 7 heteroatoms. The number of hydrogen-bond donors (Lipinski definition) is 2. The van der Waals surface area contributed by atoms with E-state index in [1.165, 1.54) is 0 Å². The summed E-state index contributed by atoms with van der Waals surface area (Å²) in [5.74, 6) is 0.0802. The molecule has 28 heavy (non-hydrogen) atoms. The first-order valence-corrected chi connectivity index (χ1v) is 8.94. The molecule has 0 aliphatic carbocycles. The van der Waals surface area contributed by atoms with Gasteiger partial charge in [-0.2, -0.15) is 0 Å². The summed E-state index contributed by atoms with van der Waals surface area (Å²) in [6.45, 7) is 1.94. The number of carbonyl (C=O) groups is 2. The van der Waals surface area contributed by atoms with E-state index in [1.807, 2.05) is 19.1 Å². The van der Waals surface area contributed by atoms with E-state index in [9.17, 15) is 9.59 Å². The van der Waals surface area contributed by atoms with Gasteiger partial charge in [-0.05, 0) is 61.0 Å². The van der Waals surface area contributed by atoms with Crippen molar-refractivity contribution in [1.82, 2.24) is 10.3 Å². The highest BCUT2D eigenvalue weighted by atomic mass is 35.5. The molecule has 3 rings (SSSR count). The fourth-order valence-electron chi connectivity index (χ4n) is 2.50. The zero-order valence-electron chi connectivity index (χ0n) is 15.1. The van der Waals surface area contributed by atoms with Crippen LogP contribution in [0.25, 0.3) is 0 Å². The van der Waals surface area contributed by atoms with Crippen molar-refractivity contribution < 1.29 is 14.3 Å². The van der Waals surface area contributed by atoms with Gasteiger partial charge in [0.25, 0.3) is 5.91 Å². The summed E-state index contributed by atoms with van der Waals surface area (Å²) in [5, 5.41) is 5.12. The van der Waals surface area contributed by atoms with Crippen molar-refractivity contribution in [3.8, 4) is 5.75 Å². The maximum atomic E-state index is 12.1. The summed E-state index contributed by atoms with van der Waals surface area (Å²) >= 11 is 5.96. The molecule has 1 aromatic heterocycles. The first-order valence-electron chi connectivity index (χ1n) is 8.56. The van der Waals surface area contributed by atoms with Gasteiger partial charge in [0.1, 0.15) is 11.9 Å². The van der Waals surface area contributed by atoms with Crippen LogP contribution in [-0.2, 0) is 0 Å². The first-order chi connectivity index (χ1) is 13.5. The number of ether oxygens (including phenoxy) is 1. The molecule has 2 aromatic carbocycles. The van der Waals surface area contributed by atoms with Gasteiger partial charge in [-0.3, -0.25) is 15.1 Å². The molecule has 3 amide bonds. The van der Waals surface area contributed by atoms with Crippen LogP contribution in [0.15, 0.2) is 73.1 Å². The molecule has 0 spiro atoms. The molecule has 0 aliphatic rings. The number of hydrogen-bond acceptors (Lipinski definition) is 4. The van der Waals surface area contributed by atoms with Crippen LogP contribution in [0.5, 0.6) is 5.75 Å². The molecule has 1 heterocycles. The monoisotopic (exact) mass is 395 g/mol. The number of rotatable bonds is 5. The van der Waals surface area contributed by atoms with E-state index >= 15 is 0 Å². The summed E-state index contributed by atoms with van der Waals surface area (Å²) in [4.78, 5) is 28.1. The Hall–Kier alpha value is -3.38. The Kier molecular flexibility index (Phi) is 6.24. The second-order valence-electron chi connectivity index (χ2n) is 5.95. The smallest absolute Gasteiger partial charge is 0.326 e. The van der Waals surface area contributed by atoms with Gasteiger partial charge in [-0.15, -0.1) is 0 Å². The van der Waals surface area contributed by atoms with Crippen LogP contribution in [0.1, 0.15) is 28.9 Å². The van der Waals surface area contributed by atoms with Crippen molar-refractivity contribution in [1.29, 1.82) is 0 Å². The number of halogens is 1. The van der Waals surface area contributed by atoms with E-state index in [1.54, 1.807) is 60.9 Å². The van der Waals surface area contributed by atoms with Crippen molar-refractivity contribution in [2.75, 3.05) is 5.32 Å². The highest BCUT2D eigenvalue weighted by Gasteiger charge is 2.13. The molecule has 0 aliphatic heterocycles. The van der Waals surface area contributed by atoms with E-state index in [2.05, 4.69) is 15.6 Å². The summed E-state index contributed by atoms with van der Waals surface area (Å²) in [6.07, 6.45) is 3.29. The Labute approximate surface area is 167 Å². The van der Waals surface area contributed by atoms with Crippen LogP contribution in [0, 0.1) is 0 Å². The minimum atomic E-state index is -0.649. The predicted octanol–water partition coefficient (Wildman–Crippen LogP) is 4.84. The molecule has 0 radical (unpaired) electrons. The van der Waals surface area contributed by atoms with Crippen LogP contribution in [-0.4, -0.2) is 16.9 Å². The second kappa shape index (κ2) is 9.01. The number of carbonyl (C=O) groups excluding carboxylic acids is 2. The topological polar surface area (TPSA) is 80.3 Å². The van der Waals surface area contributed by atoms with Gasteiger partial charge in [0, 0.05) is 18.1 Å². The number of nitrogens with zero attached hydrogens (tertiary/aromatic N) is 1. The summed E-state index contributed by atoms with van der Waals surface area (Å²) in [5.41, 5.74) is 1.76. The zero-order valence-corrected chi connectivity index (χ0v) is 15.8. The predicted molar refractivity (Wildman–Crippen MR) is 108 cm³/mol. The van der Waals surface area contributed by atoms with Crippen LogP contribution >= 0.6 is 11.6 Å². The largest absolute Gasteiger partial charge is 0.486 e. The van der Waals surface area contributed by atoms with Crippen molar-refractivity contribution in [3.05, 3.63) is 89.2 Å². The van der Waals surface area contributed by atoms with Crippen LogP contribution in [0.4, 0.5) is 10.5 Å². The van der Waals surface area contributed by atoms with Gasteiger partial charge < -0.3 is 10.1 Å². The van der Waals surface area contributed by atoms with Crippen LogP contribution in [0.3, 0.4) is 0 Å². The lowest BCUT2D eigenvalue weighted by Gasteiger charge is -2.15. The third-order valence-corrected chi connectivity index (χ3v) is 4.28. The highest BCUT2D eigenvalue weighted by Crippen LogP contribution is 2.23. The lowest BCUT2D eigenvalue weighted by molar-refractivity contribution is 0.0967. The number of anilines is 1. The van der Waals surface area contributed by atoms with Crippen molar-refractivity contribution in [3.63, 3.8) is 0 Å². The molecule has 1 atom stereocenters. The zero-order chi connectivity index (χ0) is 19.9. The van der Waals surface area contributed by atoms with Crippen molar-refractivity contribution >= 4 is 29.2 Å². The van der Waals surface area contributed by atoms with Crippen molar-refractivity contribution in [2.24, 2.45) is 0 Å². The number of amides is 3. The van der Waals surface area contributed by atoms with E-state index < -0.39 is 11.9 Å². The lowest BCUT2D eigenvalue weighted by Crippen LogP contribution is -2.34. The minimum Gasteiger partial charge on any atom is -0.486 e. The Bertz CT molecular complexity index is 962. The second-order valence-corrected chi connectivity index (χ2v) is 6.36. The van der Waals surface area contributed by atoms with Gasteiger partial charge in [0.15, 0.2) is 0 Å². The summed E-state index contributed by atoms with van der Waals surface area (Å²) in [6, 6.07) is 16.5. The first kappa shape index (κ1) is 19.4. The summed E-state index contributed by atoms with van der Waals surface area (Å²) < 4.78 is 5.87. The van der Waals surface area contributed by atoms with Crippen LogP contribution in [0.2, 0.25) is 5.02 Å². The normalized spacial score (nSPS) is 11.4. The fourth-order valence-corrected chi connectivity index (χ4v) is 2.72. The van der Waals surface area contributed by atoms with E-state index in [0.29, 0.717) is 11.4 Å². The Balaban J connectivity index is 1.56. The summed E-state index contributed by atoms with van der Waals surface area (Å²) in [7, 11) is 0. The third-order valence-electron chi connectivity index (χ3n) is 3.95. The van der Waals surface area contributed by atoms with E-state index in [-0.39, 0.29) is 16.7 Å². The third kappa shape index (κ3) is 5.08. The maximum Gasteiger partial charge on any atom is 0.326 e. The number of benzene rings is 2. The van der Waals surface area contributed by atoms with E-state index in [4.69, 9.17) is 16.3 Å². The average Bonchev–Trinajstić information content (AvgIpc) is 2.70. The number of pyridine rings is 1. The van der Waals surface area contributed by atoms with E-state index in [0.717, 1.165) is 5.56 Å². The molecule has 0 saturated heterocycles. The fraction of sp³-hybridized carbons (Fsp3) is 0.0952. The number of imide groups is 1. The van der Waals surface area contributed by atoms with Gasteiger partial charge >= 0.3 is 6.03 Å². The Morgan fingerprint density at radius 3 is 2.36 bits per heavy atom. The average molecular weight is 396 g/mol. The Morgan fingerprint density at radius 1 is 1.00 bits per heavy atom. The molecular formula is C21H18ClN3O3. The minimum absolute atomic E-state index is 0.140. The number of nitrogens with one attached hydrogen (secondary N) is 2. The maximum absolute atomic E-state index is 12.1. The van der Waals surface area contributed by atoms with Crippen LogP contribution < -0.4 is 15.4 Å². The Morgan fingerprint density at radius 2 is 1.68 bits per heavy atom. The molecule has 142 valence electrons. The van der Waals surface area contributed by atoms with Gasteiger partial charge in [0.05, 0.1) is 10.6 Å². The molecule has 3 aromatic rings. The van der Waals surface area contributed by atoms with Gasteiger partial charge in [0.2, 0.25) is 0 Å². The number of aromatic nitrogens is 1. The molecule has 1 unspecified atom stereocenters. The molecule has 2 N–H and O–H groups in total. The molecule has 0 bridgehead atoms. The quantitative estimate of drug-likeness (QED) is 0.648. The standard InChI is InChI=1S/C21H18ClN3O3/c1-14(15-10-12-23-13-11-15)28-17-8-6-16(7-9-17)24-21(27)25-20(26)18-4-2-3-5-19(18)22/h2-14H,1H3,(H2,24,25,26,27). The van der Waals surface area contributed by atoms with Crippen molar-refractivity contribution in [2.45, 2.75) is 13.0 Å². The lowest BCUT2D eigenvalue weighted by atomic mass is 10.2. The highest BCUT2D eigenvalue weighted by molar-refractivity contribution is 6.34. The SMILES string of the molecule is CC(Oc1ccc(NC(=O)NC(=O)c2ccccc2Cl)cc1)c1ccncc1. The van der Waals surface area contributed by atoms with Gasteiger partial charge in [-0.25, -0.2) is 4.79 Å². The number of urea groups is 1. The molecule has 0 fully saturated rings. The molecular weight excluding hydrogens is 378 g/mol. The molecule has 0 saturated carbocycles.